The molecule has 0 fully saturated rings. The number of hydrogen-bond acceptors (Lipinski definition) is 2. The van der Waals surface area contributed by atoms with E-state index >= 15 is 0 Å². The van der Waals surface area contributed by atoms with Crippen LogP contribution in [0, 0.1) is 6.92 Å². The van der Waals surface area contributed by atoms with E-state index in [0.29, 0.717) is 6.42 Å². The van der Waals surface area contributed by atoms with E-state index in [-0.39, 0.29) is 5.91 Å². The fourth-order valence-corrected chi connectivity index (χ4v) is 1.97. The summed E-state index contributed by atoms with van der Waals surface area (Å²) in [5, 5.41) is 2.81. The van der Waals surface area contributed by atoms with Crippen LogP contribution in [-0.2, 0) is 4.79 Å². The van der Waals surface area contributed by atoms with Crippen LogP contribution in [0.25, 0.3) is 5.73 Å². The minimum atomic E-state index is -0.678. The van der Waals surface area contributed by atoms with E-state index < -0.39 is 6.04 Å². The third-order valence-electron chi connectivity index (χ3n) is 3.42. The molecule has 1 unspecified atom stereocenters. The predicted molar refractivity (Wildman–Crippen MR) is 84.9 cm³/mol. The minimum absolute atomic E-state index is 0.209. The Morgan fingerprint density at radius 2 is 2.15 bits per heavy atom. The molecule has 0 spiro atoms. The second kappa shape index (κ2) is 8.72. The fourth-order valence-electron chi connectivity index (χ4n) is 1.97. The summed E-state index contributed by atoms with van der Waals surface area (Å²) in [6.07, 6.45) is 2.58. The first-order chi connectivity index (χ1) is 9.52. The highest BCUT2D eigenvalue weighted by atomic mass is 16.2. The van der Waals surface area contributed by atoms with E-state index in [4.69, 9.17) is 5.73 Å². The van der Waals surface area contributed by atoms with Crippen LogP contribution in [0.1, 0.15) is 31.7 Å². The van der Waals surface area contributed by atoms with Crippen molar-refractivity contribution in [1.29, 1.82) is 0 Å². The van der Waals surface area contributed by atoms with Crippen molar-refractivity contribution in [3.8, 4) is 0 Å². The van der Waals surface area contributed by atoms with E-state index in [9.17, 15) is 4.79 Å². The maximum absolute atomic E-state index is 11.9. The molecule has 2 N–H and O–H groups in total. The molecule has 0 radical (unpaired) electrons. The van der Waals surface area contributed by atoms with Crippen LogP contribution in [0.4, 0.5) is 5.69 Å². The van der Waals surface area contributed by atoms with Gasteiger partial charge in [0.25, 0.3) is 0 Å². The average Bonchev–Trinajstić information content (AvgIpc) is 2.42. The van der Waals surface area contributed by atoms with Crippen LogP contribution in [0.15, 0.2) is 24.3 Å². The lowest BCUT2D eigenvalue weighted by Gasteiger charge is -2.20. The van der Waals surface area contributed by atoms with Gasteiger partial charge in [0, 0.05) is 5.69 Å². The Morgan fingerprint density at radius 3 is 2.80 bits per heavy atom. The SMILES string of the molecule is CCN(C)CCCCC([NH-])C(=O)Nc1cccc(C)c1. The zero-order valence-corrected chi connectivity index (χ0v) is 12.8. The van der Waals surface area contributed by atoms with Gasteiger partial charge in [0.2, 0.25) is 5.91 Å². The van der Waals surface area contributed by atoms with Crippen molar-refractivity contribution in [3.63, 3.8) is 0 Å². The summed E-state index contributed by atoms with van der Waals surface area (Å²) in [5.41, 5.74) is 9.77. The zero-order chi connectivity index (χ0) is 15.0. The Morgan fingerprint density at radius 1 is 1.40 bits per heavy atom. The molecule has 0 aliphatic heterocycles. The highest BCUT2D eigenvalue weighted by molar-refractivity contribution is 5.95. The summed E-state index contributed by atoms with van der Waals surface area (Å²) in [6.45, 7) is 6.18. The molecule has 4 heteroatoms. The molecule has 0 heterocycles. The van der Waals surface area contributed by atoms with Crippen molar-refractivity contribution in [2.24, 2.45) is 0 Å². The molecule has 0 aliphatic carbocycles. The molecular formula is C16H26N3O-. The third kappa shape index (κ3) is 6.17. The smallest absolute Gasteiger partial charge is 0.206 e. The lowest BCUT2D eigenvalue weighted by Crippen LogP contribution is -2.25. The number of hydrogen-bond donors (Lipinski definition) is 1. The van der Waals surface area contributed by atoms with Crippen molar-refractivity contribution in [1.82, 2.24) is 4.90 Å². The summed E-state index contributed by atoms with van der Waals surface area (Å²) in [5.74, 6) is -0.209. The number of aryl methyl sites for hydroxylation is 1. The summed E-state index contributed by atoms with van der Waals surface area (Å²) in [7, 11) is 2.09. The molecule has 0 saturated heterocycles. The van der Waals surface area contributed by atoms with Crippen molar-refractivity contribution in [2.45, 2.75) is 39.2 Å². The fraction of sp³-hybridized carbons (Fsp3) is 0.562. The highest BCUT2D eigenvalue weighted by Crippen LogP contribution is 2.12. The Bertz CT molecular complexity index is 420. The highest BCUT2D eigenvalue weighted by Gasteiger charge is 2.07. The second-order valence-electron chi connectivity index (χ2n) is 5.30. The first kappa shape index (κ1) is 16.7. The van der Waals surface area contributed by atoms with Gasteiger partial charge in [-0.15, -0.1) is 0 Å². The van der Waals surface area contributed by atoms with E-state index in [1.807, 2.05) is 31.2 Å². The standard InChI is InChI=1S/C16H26N3O/c1-4-19(3)11-6-5-10-15(17)16(20)18-14-9-7-8-13(2)12-14/h7-9,12,15,17H,4-6,10-11H2,1-3H3,(H,18,20)/q-1. The molecule has 0 saturated carbocycles. The van der Waals surface area contributed by atoms with E-state index in [1.54, 1.807) is 0 Å². The molecule has 0 bridgehead atoms. The topological polar surface area (TPSA) is 56.1 Å². The van der Waals surface area contributed by atoms with Crippen molar-refractivity contribution < 1.29 is 4.79 Å². The number of carbonyl (C=O) groups is 1. The van der Waals surface area contributed by atoms with Crippen molar-refractivity contribution in [2.75, 3.05) is 25.5 Å². The van der Waals surface area contributed by atoms with E-state index in [2.05, 4.69) is 24.2 Å². The van der Waals surface area contributed by atoms with Gasteiger partial charge >= 0.3 is 0 Å². The number of anilines is 1. The molecule has 0 aliphatic rings. The molecule has 1 aromatic rings. The number of rotatable bonds is 8. The van der Waals surface area contributed by atoms with Gasteiger partial charge in [0.05, 0.1) is 0 Å². The van der Waals surface area contributed by atoms with Gasteiger partial charge in [-0.2, -0.15) is 0 Å². The average molecular weight is 276 g/mol. The van der Waals surface area contributed by atoms with Gasteiger partial charge in [0.1, 0.15) is 0 Å². The van der Waals surface area contributed by atoms with Gasteiger partial charge in [-0.25, -0.2) is 0 Å². The minimum Gasteiger partial charge on any atom is -0.667 e. The van der Waals surface area contributed by atoms with E-state index in [0.717, 1.165) is 37.2 Å². The Hall–Kier alpha value is -1.39. The molecule has 1 rings (SSSR count). The monoisotopic (exact) mass is 276 g/mol. The number of carbonyl (C=O) groups excluding carboxylic acids is 1. The molecule has 20 heavy (non-hydrogen) atoms. The first-order valence-electron chi connectivity index (χ1n) is 7.30. The molecule has 112 valence electrons. The first-order valence-corrected chi connectivity index (χ1v) is 7.30. The zero-order valence-electron chi connectivity index (χ0n) is 12.8. The normalized spacial score (nSPS) is 12.4. The van der Waals surface area contributed by atoms with Crippen LogP contribution < -0.4 is 5.32 Å². The van der Waals surface area contributed by atoms with Gasteiger partial charge in [-0.05, 0) is 51.2 Å². The molecule has 1 aromatic carbocycles. The maximum Gasteiger partial charge on any atom is 0.206 e. The van der Waals surface area contributed by atoms with Crippen molar-refractivity contribution >= 4 is 11.6 Å². The maximum atomic E-state index is 11.9. The van der Waals surface area contributed by atoms with Gasteiger partial charge in [0.15, 0.2) is 0 Å². The lowest BCUT2D eigenvalue weighted by molar-refractivity contribution is -0.116. The number of benzene rings is 1. The molecular weight excluding hydrogens is 250 g/mol. The molecule has 1 atom stereocenters. The Kier molecular flexibility index (Phi) is 7.26. The van der Waals surface area contributed by atoms with Gasteiger partial charge in [-0.1, -0.05) is 37.9 Å². The largest absolute Gasteiger partial charge is 0.667 e. The predicted octanol–water partition coefficient (Wildman–Crippen LogP) is 3.48. The second-order valence-corrected chi connectivity index (χ2v) is 5.30. The third-order valence-corrected chi connectivity index (χ3v) is 3.42. The summed E-state index contributed by atoms with van der Waals surface area (Å²) >= 11 is 0. The summed E-state index contributed by atoms with van der Waals surface area (Å²) in [4.78, 5) is 14.1. The Balaban J connectivity index is 2.29. The number of amides is 1. The van der Waals surface area contributed by atoms with Crippen LogP contribution >= 0.6 is 0 Å². The summed E-state index contributed by atoms with van der Waals surface area (Å²) in [6, 6.07) is 6.99. The van der Waals surface area contributed by atoms with Crippen LogP contribution in [-0.4, -0.2) is 37.0 Å². The molecule has 0 aromatic heterocycles. The number of nitrogens with zero attached hydrogens (tertiary/aromatic N) is 1. The number of nitrogens with one attached hydrogen (secondary N) is 2. The van der Waals surface area contributed by atoms with E-state index in [1.165, 1.54) is 0 Å². The van der Waals surface area contributed by atoms with Crippen LogP contribution in [0.2, 0.25) is 0 Å². The lowest BCUT2D eigenvalue weighted by atomic mass is 10.1. The van der Waals surface area contributed by atoms with Gasteiger partial charge < -0.3 is 16.0 Å². The quantitative estimate of drug-likeness (QED) is 0.739. The number of unbranched alkanes of at least 4 members (excludes halogenated alkanes) is 1. The van der Waals surface area contributed by atoms with Crippen molar-refractivity contribution in [3.05, 3.63) is 35.6 Å². The van der Waals surface area contributed by atoms with Gasteiger partial charge in [-0.3, -0.25) is 4.79 Å². The van der Waals surface area contributed by atoms with Crippen LogP contribution in [0.3, 0.4) is 0 Å². The summed E-state index contributed by atoms with van der Waals surface area (Å²) < 4.78 is 0. The Labute approximate surface area is 122 Å². The van der Waals surface area contributed by atoms with Crippen LogP contribution in [0.5, 0.6) is 0 Å². The molecule has 1 amide bonds. The molecule has 4 nitrogen and oxygen atoms in total.